The fourth-order valence-corrected chi connectivity index (χ4v) is 3.29. The first-order valence-corrected chi connectivity index (χ1v) is 9.72. The molecule has 2 rings (SSSR count). The molecule has 0 spiro atoms. The standard InChI is InChI=1S/C17H21N3O5S/c1-10-15(11(2)20(4)19-10)18-16(21)12(3)25-17(22)13-8-6-7-9-14(13)26(5,23)24/h6-9,12H,1-5H3,(H,18,21)/t12-/m0/s1. The monoisotopic (exact) mass is 379 g/mol. The van der Waals surface area contributed by atoms with E-state index in [4.69, 9.17) is 4.74 Å². The van der Waals surface area contributed by atoms with E-state index >= 15 is 0 Å². The summed E-state index contributed by atoms with van der Waals surface area (Å²) in [6, 6.07) is 5.70. The molecule has 0 bridgehead atoms. The van der Waals surface area contributed by atoms with Crippen molar-refractivity contribution >= 4 is 27.4 Å². The van der Waals surface area contributed by atoms with Gasteiger partial charge in [-0.2, -0.15) is 5.10 Å². The van der Waals surface area contributed by atoms with Crippen LogP contribution in [0.1, 0.15) is 28.7 Å². The molecule has 2 aromatic rings. The van der Waals surface area contributed by atoms with Gasteiger partial charge in [0.15, 0.2) is 15.9 Å². The van der Waals surface area contributed by atoms with Crippen molar-refractivity contribution in [3.8, 4) is 0 Å². The van der Waals surface area contributed by atoms with Gasteiger partial charge in [-0.05, 0) is 32.9 Å². The highest BCUT2D eigenvalue weighted by Crippen LogP contribution is 2.20. The summed E-state index contributed by atoms with van der Waals surface area (Å²) in [4.78, 5) is 24.5. The Bertz CT molecular complexity index is 963. The summed E-state index contributed by atoms with van der Waals surface area (Å²) in [5.41, 5.74) is 1.84. The summed E-state index contributed by atoms with van der Waals surface area (Å²) >= 11 is 0. The van der Waals surface area contributed by atoms with Crippen molar-refractivity contribution in [3.63, 3.8) is 0 Å². The van der Waals surface area contributed by atoms with Crippen molar-refractivity contribution in [1.82, 2.24) is 9.78 Å². The zero-order valence-corrected chi connectivity index (χ0v) is 16.0. The molecule has 1 atom stereocenters. The molecule has 0 saturated carbocycles. The number of nitrogens with zero attached hydrogens (tertiary/aromatic N) is 2. The normalized spacial score (nSPS) is 12.5. The van der Waals surface area contributed by atoms with Crippen LogP contribution in [0.2, 0.25) is 0 Å². The molecule has 0 saturated heterocycles. The van der Waals surface area contributed by atoms with Crippen LogP contribution in [-0.2, 0) is 26.4 Å². The largest absolute Gasteiger partial charge is 0.449 e. The Morgan fingerprint density at radius 3 is 2.38 bits per heavy atom. The Kier molecular flexibility index (Phi) is 5.50. The second-order valence-corrected chi connectivity index (χ2v) is 7.96. The van der Waals surface area contributed by atoms with E-state index in [2.05, 4.69) is 10.4 Å². The van der Waals surface area contributed by atoms with Gasteiger partial charge < -0.3 is 10.1 Å². The Morgan fingerprint density at radius 1 is 1.23 bits per heavy atom. The topological polar surface area (TPSA) is 107 Å². The smallest absolute Gasteiger partial charge is 0.340 e. The molecule has 1 aromatic carbocycles. The molecule has 0 aliphatic heterocycles. The first-order valence-electron chi connectivity index (χ1n) is 7.83. The van der Waals surface area contributed by atoms with Gasteiger partial charge in [-0.3, -0.25) is 9.48 Å². The molecule has 1 amide bonds. The maximum Gasteiger partial charge on any atom is 0.340 e. The third-order valence-corrected chi connectivity index (χ3v) is 5.07. The van der Waals surface area contributed by atoms with Gasteiger partial charge >= 0.3 is 5.97 Å². The number of hydrogen-bond donors (Lipinski definition) is 1. The number of rotatable bonds is 5. The van der Waals surface area contributed by atoms with E-state index in [0.29, 0.717) is 11.4 Å². The lowest BCUT2D eigenvalue weighted by Gasteiger charge is -2.15. The van der Waals surface area contributed by atoms with Crippen LogP contribution in [0.15, 0.2) is 29.2 Å². The van der Waals surface area contributed by atoms with Gasteiger partial charge in [0.05, 0.1) is 27.5 Å². The van der Waals surface area contributed by atoms with Gasteiger partial charge in [-0.15, -0.1) is 0 Å². The Hall–Kier alpha value is -2.68. The second kappa shape index (κ2) is 7.28. The average molecular weight is 379 g/mol. The fraction of sp³-hybridized carbons (Fsp3) is 0.353. The number of anilines is 1. The minimum atomic E-state index is -3.60. The number of sulfone groups is 1. The molecule has 1 heterocycles. The summed E-state index contributed by atoms with van der Waals surface area (Å²) in [5.74, 6) is -1.41. The zero-order chi connectivity index (χ0) is 19.6. The van der Waals surface area contributed by atoms with Crippen LogP contribution in [0.5, 0.6) is 0 Å². The molecular weight excluding hydrogens is 358 g/mol. The van der Waals surface area contributed by atoms with Crippen molar-refractivity contribution in [1.29, 1.82) is 0 Å². The van der Waals surface area contributed by atoms with Gasteiger partial charge in [-0.25, -0.2) is 13.2 Å². The van der Waals surface area contributed by atoms with Crippen LogP contribution < -0.4 is 5.32 Å². The van der Waals surface area contributed by atoms with Crippen molar-refractivity contribution < 1.29 is 22.7 Å². The van der Waals surface area contributed by atoms with E-state index in [9.17, 15) is 18.0 Å². The molecule has 0 unspecified atom stereocenters. The van der Waals surface area contributed by atoms with E-state index in [1.807, 2.05) is 0 Å². The van der Waals surface area contributed by atoms with Gasteiger partial charge in [0.1, 0.15) is 0 Å². The summed E-state index contributed by atoms with van der Waals surface area (Å²) in [6.07, 6.45) is -0.113. The number of aromatic nitrogens is 2. The molecule has 140 valence electrons. The minimum Gasteiger partial charge on any atom is -0.449 e. The molecule has 1 aromatic heterocycles. The number of nitrogens with one attached hydrogen (secondary N) is 1. The molecule has 26 heavy (non-hydrogen) atoms. The zero-order valence-electron chi connectivity index (χ0n) is 15.2. The highest BCUT2D eigenvalue weighted by atomic mass is 32.2. The number of aryl methyl sites for hydroxylation is 2. The van der Waals surface area contributed by atoms with Crippen molar-refractivity contribution in [2.45, 2.75) is 31.8 Å². The van der Waals surface area contributed by atoms with Crippen molar-refractivity contribution in [2.75, 3.05) is 11.6 Å². The molecule has 0 aliphatic carbocycles. The molecule has 9 heteroatoms. The number of carbonyl (C=O) groups is 2. The number of ether oxygens (including phenoxy) is 1. The fourth-order valence-electron chi connectivity index (χ4n) is 2.42. The van der Waals surface area contributed by atoms with Crippen LogP contribution in [0.4, 0.5) is 5.69 Å². The Labute approximate surface area is 152 Å². The second-order valence-electron chi connectivity index (χ2n) is 5.97. The number of hydrogen-bond acceptors (Lipinski definition) is 6. The van der Waals surface area contributed by atoms with Crippen LogP contribution >= 0.6 is 0 Å². The predicted octanol–water partition coefficient (Wildman–Crippen LogP) is 1.62. The molecular formula is C17H21N3O5S. The van der Waals surface area contributed by atoms with Gasteiger partial charge in [0.25, 0.3) is 5.91 Å². The third-order valence-electron chi connectivity index (χ3n) is 3.92. The molecule has 8 nitrogen and oxygen atoms in total. The number of benzene rings is 1. The summed E-state index contributed by atoms with van der Waals surface area (Å²) in [6.45, 7) is 4.97. The predicted molar refractivity (Wildman–Crippen MR) is 95.7 cm³/mol. The van der Waals surface area contributed by atoms with E-state index in [1.165, 1.54) is 31.2 Å². The maximum atomic E-state index is 12.3. The lowest BCUT2D eigenvalue weighted by molar-refractivity contribution is -0.123. The number of amides is 1. The van der Waals surface area contributed by atoms with E-state index in [0.717, 1.165) is 11.9 Å². The van der Waals surface area contributed by atoms with Gasteiger partial charge in [0.2, 0.25) is 0 Å². The third kappa shape index (κ3) is 4.10. The highest BCUT2D eigenvalue weighted by Gasteiger charge is 2.24. The van der Waals surface area contributed by atoms with Gasteiger partial charge in [0, 0.05) is 13.3 Å². The quantitative estimate of drug-likeness (QED) is 0.791. The van der Waals surface area contributed by atoms with Crippen molar-refractivity contribution in [2.24, 2.45) is 7.05 Å². The first-order chi connectivity index (χ1) is 12.0. The van der Waals surface area contributed by atoms with E-state index in [1.54, 1.807) is 25.6 Å². The van der Waals surface area contributed by atoms with E-state index < -0.39 is 27.8 Å². The minimum absolute atomic E-state index is 0.108. The Balaban J connectivity index is 2.16. The average Bonchev–Trinajstić information content (AvgIpc) is 2.80. The molecule has 0 aliphatic rings. The lowest BCUT2D eigenvalue weighted by atomic mass is 10.2. The summed E-state index contributed by atoms with van der Waals surface area (Å²) < 4.78 is 30.4. The molecule has 0 fully saturated rings. The van der Waals surface area contributed by atoms with Gasteiger partial charge in [-0.1, -0.05) is 12.1 Å². The summed E-state index contributed by atoms with van der Waals surface area (Å²) in [7, 11) is -1.85. The first kappa shape index (κ1) is 19.6. The van der Waals surface area contributed by atoms with Crippen LogP contribution in [0.3, 0.4) is 0 Å². The summed E-state index contributed by atoms with van der Waals surface area (Å²) in [5, 5.41) is 6.88. The molecule has 1 N–H and O–H groups in total. The number of carbonyl (C=O) groups excluding carboxylic acids is 2. The maximum absolute atomic E-state index is 12.3. The van der Waals surface area contributed by atoms with E-state index in [-0.39, 0.29) is 10.5 Å². The van der Waals surface area contributed by atoms with Crippen LogP contribution in [0, 0.1) is 13.8 Å². The van der Waals surface area contributed by atoms with Crippen LogP contribution in [0.25, 0.3) is 0 Å². The highest BCUT2D eigenvalue weighted by molar-refractivity contribution is 7.90. The number of esters is 1. The SMILES string of the molecule is Cc1nn(C)c(C)c1NC(=O)[C@H](C)OC(=O)c1ccccc1S(C)(=O)=O. The lowest BCUT2D eigenvalue weighted by Crippen LogP contribution is -2.30. The van der Waals surface area contributed by atoms with Crippen LogP contribution in [-0.4, -0.2) is 42.4 Å². The van der Waals surface area contributed by atoms with Crippen molar-refractivity contribution in [3.05, 3.63) is 41.2 Å². The molecule has 0 radical (unpaired) electrons. The Morgan fingerprint density at radius 2 is 1.85 bits per heavy atom.